The van der Waals surface area contributed by atoms with Gasteiger partial charge in [0.05, 0.1) is 47.5 Å². The van der Waals surface area contributed by atoms with Gasteiger partial charge in [0, 0.05) is 24.7 Å². The number of nitrogens with two attached hydrogens (primary N) is 1. The number of aromatic nitrogens is 3. The predicted octanol–water partition coefficient (Wildman–Crippen LogP) is 5.73. The Morgan fingerprint density at radius 3 is 2.49 bits per heavy atom. The van der Waals surface area contributed by atoms with Crippen molar-refractivity contribution in [3.63, 3.8) is 0 Å². The number of rotatable bonds is 13. The molecule has 3 aromatic rings. The SMILES string of the molecule is CCCc1nc(-c2cc(N)c(F)c(C)c2C(F)(F)F)c(F)c2nc(N3C(CO)CC3CC#N)nc(NCCNCCC(C)C)c12. The van der Waals surface area contributed by atoms with E-state index in [4.69, 9.17) is 5.73 Å². The molecule has 0 bridgehead atoms. The third kappa shape index (κ3) is 7.04. The van der Waals surface area contributed by atoms with E-state index in [9.17, 15) is 27.9 Å². The van der Waals surface area contributed by atoms with Crippen LogP contribution in [0.25, 0.3) is 22.2 Å². The fraction of sp³-hybridized carbons (Fsp3) is 0.548. The van der Waals surface area contributed by atoms with Gasteiger partial charge in [-0.3, -0.25) is 0 Å². The first-order valence-corrected chi connectivity index (χ1v) is 15.1. The van der Waals surface area contributed by atoms with Crippen LogP contribution >= 0.6 is 0 Å². The van der Waals surface area contributed by atoms with Crippen molar-refractivity contribution in [3.8, 4) is 17.3 Å². The Hall–Kier alpha value is -3.83. The molecule has 2 atom stereocenters. The van der Waals surface area contributed by atoms with Crippen LogP contribution in [0.4, 0.5) is 39.4 Å². The third-order valence-electron chi connectivity index (χ3n) is 7.99. The van der Waals surface area contributed by atoms with Crippen molar-refractivity contribution in [1.82, 2.24) is 20.3 Å². The van der Waals surface area contributed by atoms with Gasteiger partial charge in [-0.15, -0.1) is 0 Å². The summed E-state index contributed by atoms with van der Waals surface area (Å²) in [5.41, 5.74) is 1.64. The Balaban J connectivity index is 1.95. The normalized spacial score (nSPS) is 16.7. The number of aliphatic hydroxyl groups excluding tert-OH is 1. The second-order valence-corrected chi connectivity index (χ2v) is 11.7. The number of anilines is 3. The van der Waals surface area contributed by atoms with E-state index in [2.05, 4.69) is 45.5 Å². The zero-order valence-electron chi connectivity index (χ0n) is 25.8. The molecule has 2 unspecified atom stereocenters. The van der Waals surface area contributed by atoms with Crippen molar-refractivity contribution in [1.29, 1.82) is 5.26 Å². The van der Waals surface area contributed by atoms with Gasteiger partial charge < -0.3 is 26.4 Å². The minimum Gasteiger partial charge on any atom is -0.396 e. The van der Waals surface area contributed by atoms with Crippen LogP contribution in [0.2, 0.25) is 0 Å². The molecule has 0 amide bonds. The summed E-state index contributed by atoms with van der Waals surface area (Å²) in [4.78, 5) is 15.2. The molecule has 1 aromatic carbocycles. The number of benzene rings is 1. The summed E-state index contributed by atoms with van der Waals surface area (Å²) >= 11 is 0. The summed E-state index contributed by atoms with van der Waals surface area (Å²) in [7, 11) is 0. The Bertz CT molecular complexity index is 1570. The van der Waals surface area contributed by atoms with Crippen LogP contribution in [0.15, 0.2) is 6.07 Å². The quantitative estimate of drug-likeness (QED) is 0.106. The van der Waals surface area contributed by atoms with Crippen LogP contribution in [0.1, 0.15) is 63.3 Å². The van der Waals surface area contributed by atoms with Crippen LogP contribution in [-0.4, -0.2) is 58.4 Å². The second-order valence-electron chi connectivity index (χ2n) is 11.7. The minimum absolute atomic E-state index is 0.0210. The Kier molecular flexibility index (Phi) is 10.7. The second kappa shape index (κ2) is 14.1. The number of nitrogens with zero attached hydrogens (tertiary/aromatic N) is 5. The van der Waals surface area contributed by atoms with Crippen molar-refractivity contribution >= 4 is 28.4 Å². The molecule has 5 N–H and O–H groups in total. The van der Waals surface area contributed by atoms with Crippen LogP contribution in [-0.2, 0) is 12.6 Å². The number of aliphatic hydroxyl groups is 1. The number of nitrogens with one attached hydrogen (secondary N) is 2. The van der Waals surface area contributed by atoms with Gasteiger partial charge >= 0.3 is 6.18 Å². The number of alkyl halides is 3. The first-order chi connectivity index (χ1) is 21.3. The molecule has 45 heavy (non-hydrogen) atoms. The molecule has 1 aliphatic rings. The average Bonchev–Trinajstić information content (AvgIpc) is 2.95. The first kappa shape index (κ1) is 34.1. The van der Waals surface area contributed by atoms with Crippen LogP contribution < -0.4 is 21.3 Å². The van der Waals surface area contributed by atoms with Gasteiger partial charge in [0.25, 0.3) is 0 Å². The van der Waals surface area contributed by atoms with Crippen LogP contribution in [0, 0.1) is 35.8 Å². The molecule has 0 saturated carbocycles. The number of aryl methyl sites for hydroxylation is 1. The van der Waals surface area contributed by atoms with E-state index in [1.807, 2.05) is 6.92 Å². The van der Waals surface area contributed by atoms with Gasteiger partial charge in [0.1, 0.15) is 22.8 Å². The largest absolute Gasteiger partial charge is 0.417 e. The fourth-order valence-corrected chi connectivity index (χ4v) is 5.71. The number of hydrogen-bond acceptors (Lipinski definition) is 9. The highest BCUT2D eigenvalue weighted by atomic mass is 19.4. The van der Waals surface area contributed by atoms with Crippen molar-refractivity contribution in [3.05, 3.63) is 34.5 Å². The first-order valence-electron chi connectivity index (χ1n) is 15.1. The van der Waals surface area contributed by atoms with E-state index in [0.29, 0.717) is 31.8 Å². The van der Waals surface area contributed by atoms with Gasteiger partial charge in [0.15, 0.2) is 5.82 Å². The lowest BCUT2D eigenvalue weighted by atomic mass is 9.91. The zero-order chi connectivity index (χ0) is 33.1. The third-order valence-corrected chi connectivity index (χ3v) is 7.99. The molecule has 4 rings (SSSR count). The maximum Gasteiger partial charge on any atom is 0.417 e. The smallest absolute Gasteiger partial charge is 0.396 e. The van der Waals surface area contributed by atoms with Crippen LogP contribution in [0.3, 0.4) is 0 Å². The van der Waals surface area contributed by atoms with E-state index in [-0.39, 0.29) is 53.9 Å². The average molecular weight is 635 g/mol. The minimum atomic E-state index is -5.04. The molecule has 0 spiro atoms. The monoisotopic (exact) mass is 634 g/mol. The van der Waals surface area contributed by atoms with Crippen molar-refractivity contribution in [2.75, 3.05) is 42.2 Å². The summed E-state index contributed by atoms with van der Waals surface area (Å²) in [6, 6.07) is 2.08. The molecule has 1 aliphatic heterocycles. The van der Waals surface area contributed by atoms with E-state index >= 15 is 4.39 Å². The van der Waals surface area contributed by atoms with Gasteiger partial charge in [-0.05, 0) is 50.3 Å². The van der Waals surface area contributed by atoms with Gasteiger partial charge in [0.2, 0.25) is 5.95 Å². The maximum atomic E-state index is 16.6. The summed E-state index contributed by atoms with van der Waals surface area (Å²) < 4.78 is 74.1. The number of nitrogen functional groups attached to an aromatic ring is 1. The lowest BCUT2D eigenvalue weighted by Crippen LogP contribution is -2.58. The molecular formula is C31H39F5N8O. The molecule has 0 aliphatic carbocycles. The van der Waals surface area contributed by atoms with Gasteiger partial charge in [-0.25, -0.2) is 18.7 Å². The molecule has 9 nitrogen and oxygen atoms in total. The highest BCUT2D eigenvalue weighted by Gasteiger charge is 2.41. The number of fused-ring (bicyclic) bond motifs is 1. The van der Waals surface area contributed by atoms with Crippen molar-refractivity contribution in [2.45, 2.75) is 78.1 Å². The van der Waals surface area contributed by atoms with E-state index < -0.39 is 51.9 Å². The fourth-order valence-electron chi connectivity index (χ4n) is 5.71. The topological polar surface area (TPSA) is 136 Å². The molecule has 0 radical (unpaired) electrons. The van der Waals surface area contributed by atoms with E-state index in [1.54, 1.807) is 4.90 Å². The lowest BCUT2D eigenvalue weighted by molar-refractivity contribution is -0.137. The Labute approximate surface area is 259 Å². The highest BCUT2D eigenvalue weighted by Crippen LogP contribution is 2.44. The summed E-state index contributed by atoms with van der Waals surface area (Å²) in [5, 5.41) is 26.0. The summed E-state index contributed by atoms with van der Waals surface area (Å²) in [5.74, 6) is -1.62. The summed E-state index contributed by atoms with van der Waals surface area (Å²) in [6.07, 6.45) is -2.69. The molecule has 244 valence electrons. The molecule has 1 saturated heterocycles. The maximum absolute atomic E-state index is 16.6. The van der Waals surface area contributed by atoms with Crippen molar-refractivity contribution in [2.24, 2.45) is 5.92 Å². The van der Waals surface area contributed by atoms with Crippen LogP contribution in [0.5, 0.6) is 0 Å². The summed E-state index contributed by atoms with van der Waals surface area (Å²) in [6.45, 7) is 8.48. The van der Waals surface area contributed by atoms with E-state index in [0.717, 1.165) is 26.0 Å². The molecular weight excluding hydrogens is 595 g/mol. The van der Waals surface area contributed by atoms with Gasteiger partial charge in [-0.1, -0.05) is 27.2 Å². The molecule has 1 fully saturated rings. The Morgan fingerprint density at radius 1 is 1.13 bits per heavy atom. The standard InChI is InChI=1S/C31H39F5N8O/c1-5-6-22-23-28(26(33)27(41-22)20-14-21(38)25(32)17(4)24(20)31(34,35)36)42-30(44-18(7-9-37)13-19(44)15-45)43-29(23)40-12-11-39-10-8-16(2)3/h14,16,18-19,39,45H,5-8,10-13,15,38H2,1-4H3,(H,40,42,43). The number of hydrogen-bond donors (Lipinski definition) is 4. The van der Waals surface area contributed by atoms with Crippen molar-refractivity contribution < 1.29 is 27.1 Å². The Morgan fingerprint density at radius 2 is 1.87 bits per heavy atom. The molecule has 2 aromatic heterocycles. The highest BCUT2D eigenvalue weighted by molar-refractivity contribution is 5.95. The van der Waals surface area contributed by atoms with E-state index in [1.165, 1.54) is 0 Å². The number of halogens is 5. The number of pyridine rings is 1. The van der Waals surface area contributed by atoms with Gasteiger partial charge in [-0.2, -0.15) is 23.4 Å². The number of nitriles is 1. The zero-order valence-corrected chi connectivity index (χ0v) is 25.8. The molecule has 3 heterocycles. The lowest BCUT2D eigenvalue weighted by Gasteiger charge is -2.47. The predicted molar refractivity (Wildman–Crippen MR) is 164 cm³/mol. The molecule has 14 heteroatoms.